The highest BCUT2D eigenvalue weighted by Crippen LogP contribution is 2.20. The average molecular weight is 382 g/mol. The SMILES string of the molecule is Cc1cc(C)n(-c2nnc(SCC(=O)N(CC#N)c3ccccc3)n2N)n1. The Balaban J connectivity index is 1.74. The molecular weight excluding hydrogens is 364 g/mol. The lowest BCUT2D eigenvalue weighted by Crippen LogP contribution is -2.32. The fourth-order valence-electron chi connectivity index (χ4n) is 2.55. The van der Waals surface area contributed by atoms with E-state index in [1.165, 1.54) is 9.58 Å². The van der Waals surface area contributed by atoms with Gasteiger partial charge in [-0.05, 0) is 32.0 Å². The Morgan fingerprint density at radius 2 is 2.04 bits per heavy atom. The Hall–Kier alpha value is -3.32. The van der Waals surface area contributed by atoms with Crippen LogP contribution in [-0.2, 0) is 4.79 Å². The molecule has 0 fully saturated rings. The molecule has 0 aliphatic carbocycles. The number of hydrogen-bond acceptors (Lipinski definition) is 7. The average Bonchev–Trinajstić information content (AvgIpc) is 3.19. The van der Waals surface area contributed by atoms with Crippen molar-refractivity contribution in [1.82, 2.24) is 24.7 Å². The molecule has 0 unspecified atom stereocenters. The first-order chi connectivity index (χ1) is 13.0. The molecule has 9 nitrogen and oxygen atoms in total. The molecule has 0 bridgehead atoms. The van der Waals surface area contributed by atoms with Gasteiger partial charge in [0.25, 0.3) is 5.95 Å². The number of aromatic nitrogens is 5. The molecule has 0 spiro atoms. The smallest absolute Gasteiger partial charge is 0.271 e. The number of hydrogen-bond donors (Lipinski definition) is 1. The van der Waals surface area contributed by atoms with Gasteiger partial charge in [-0.2, -0.15) is 10.4 Å². The van der Waals surface area contributed by atoms with E-state index in [-0.39, 0.29) is 18.2 Å². The maximum atomic E-state index is 12.6. The number of carbonyl (C=O) groups excluding carboxylic acids is 1. The minimum absolute atomic E-state index is 0.0320. The molecular formula is C17H18N8OS. The van der Waals surface area contributed by atoms with Gasteiger partial charge in [0.2, 0.25) is 11.1 Å². The number of nitrogens with two attached hydrogens (primary N) is 1. The molecule has 27 heavy (non-hydrogen) atoms. The number of nitriles is 1. The summed E-state index contributed by atoms with van der Waals surface area (Å²) in [6.45, 7) is 3.74. The minimum Gasteiger partial charge on any atom is -0.334 e. The van der Waals surface area contributed by atoms with Crippen LogP contribution < -0.4 is 10.7 Å². The summed E-state index contributed by atoms with van der Waals surface area (Å²) in [5.41, 5.74) is 2.39. The van der Waals surface area contributed by atoms with E-state index < -0.39 is 0 Å². The minimum atomic E-state index is -0.219. The summed E-state index contributed by atoms with van der Waals surface area (Å²) in [7, 11) is 0. The van der Waals surface area contributed by atoms with Crippen LogP contribution in [0.15, 0.2) is 41.6 Å². The number of amides is 1. The molecule has 1 aromatic carbocycles. The number of para-hydroxylation sites is 1. The fraction of sp³-hybridized carbons (Fsp3) is 0.235. The first-order valence-corrected chi connectivity index (χ1v) is 9.09. The second kappa shape index (κ2) is 7.92. The summed E-state index contributed by atoms with van der Waals surface area (Å²) >= 11 is 1.15. The molecule has 0 aliphatic heterocycles. The Labute approximate surface area is 160 Å². The molecule has 3 aromatic rings. The maximum absolute atomic E-state index is 12.6. The van der Waals surface area contributed by atoms with E-state index in [1.807, 2.05) is 44.2 Å². The van der Waals surface area contributed by atoms with Gasteiger partial charge in [0, 0.05) is 11.4 Å². The fourth-order valence-corrected chi connectivity index (χ4v) is 3.28. The van der Waals surface area contributed by atoms with Crippen molar-refractivity contribution in [3.63, 3.8) is 0 Å². The summed E-state index contributed by atoms with van der Waals surface area (Å²) in [4.78, 5) is 14.0. The van der Waals surface area contributed by atoms with Crippen LogP contribution in [0.2, 0.25) is 0 Å². The predicted molar refractivity (Wildman–Crippen MR) is 102 cm³/mol. The van der Waals surface area contributed by atoms with Crippen molar-refractivity contribution < 1.29 is 4.79 Å². The topological polar surface area (TPSA) is 119 Å². The highest BCUT2D eigenvalue weighted by Gasteiger charge is 2.19. The lowest BCUT2D eigenvalue weighted by molar-refractivity contribution is -0.116. The van der Waals surface area contributed by atoms with E-state index in [0.29, 0.717) is 16.8 Å². The van der Waals surface area contributed by atoms with Gasteiger partial charge in [-0.15, -0.1) is 10.2 Å². The molecule has 2 heterocycles. The number of anilines is 1. The van der Waals surface area contributed by atoms with Crippen molar-refractivity contribution in [1.29, 1.82) is 5.26 Å². The molecule has 0 aliphatic rings. The molecule has 0 atom stereocenters. The van der Waals surface area contributed by atoms with E-state index in [2.05, 4.69) is 15.3 Å². The third-order valence-corrected chi connectivity index (χ3v) is 4.70. The van der Waals surface area contributed by atoms with Gasteiger partial charge in [-0.3, -0.25) is 9.69 Å². The number of nitrogens with zero attached hydrogens (tertiary/aromatic N) is 7. The van der Waals surface area contributed by atoms with Crippen molar-refractivity contribution >= 4 is 23.4 Å². The predicted octanol–water partition coefficient (Wildman–Crippen LogP) is 1.44. The van der Waals surface area contributed by atoms with Gasteiger partial charge in [0.1, 0.15) is 6.54 Å². The summed E-state index contributed by atoms with van der Waals surface area (Å²) in [6, 6.07) is 13.0. The molecule has 10 heteroatoms. The van der Waals surface area contributed by atoms with Gasteiger partial charge in [0.15, 0.2) is 0 Å². The van der Waals surface area contributed by atoms with Crippen molar-refractivity contribution in [3.05, 3.63) is 47.8 Å². The quantitative estimate of drug-likeness (QED) is 0.389. The number of benzene rings is 1. The largest absolute Gasteiger partial charge is 0.334 e. The van der Waals surface area contributed by atoms with Crippen LogP contribution in [0, 0.1) is 25.2 Å². The molecule has 2 N–H and O–H groups in total. The van der Waals surface area contributed by atoms with Gasteiger partial charge >= 0.3 is 0 Å². The van der Waals surface area contributed by atoms with Crippen LogP contribution in [0.25, 0.3) is 5.95 Å². The van der Waals surface area contributed by atoms with Crippen molar-refractivity contribution in [3.8, 4) is 12.0 Å². The standard InChI is InChI=1S/C17H18N8OS/c1-12-10-13(2)25(22-12)16-20-21-17(24(16)19)27-11-15(26)23(9-8-18)14-6-4-3-5-7-14/h3-7,10H,9,11,19H2,1-2H3. The van der Waals surface area contributed by atoms with Gasteiger partial charge in [-0.25, -0.2) is 9.36 Å². The number of thioether (sulfide) groups is 1. The van der Waals surface area contributed by atoms with E-state index in [4.69, 9.17) is 11.1 Å². The first-order valence-electron chi connectivity index (χ1n) is 8.10. The summed E-state index contributed by atoms with van der Waals surface area (Å²) in [5.74, 6) is 6.30. The van der Waals surface area contributed by atoms with Crippen LogP contribution in [0.4, 0.5) is 5.69 Å². The van der Waals surface area contributed by atoms with Crippen LogP contribution in [0.1, 0.15) is 11.4 Å². The van der Waals surface area contributed by atoms with Crippen LogP contribution in [0.5, 0.6) is 0 Å². The van der Waals surface area contributed by atoms with Gasteiger partial charge in [0.05, 0.1) is 17.5 Å². The van der Waals surface area contributed by atoms with E-state index in [9.17, 15) is 4.79 Å². The van der Waals surface area contributed by atoms with Crippen LogP contribution in [0.3, 0.4) is 0 Å². The van der Waals surface area contributed by atoms with E-state index in [1.54, 1.807) is 16.8 Å². The molecule has 2 aromatic heterocycles. The third-order valence-electron chi connectivity index (χ3n) is 3.77. The van der Waals surface area contributed by atoms with Gasteiger partial charge in [-0.1, -0.05) is 30.0 Å². The molecule has 3 rings (SSSR count). The monoisotopic (exact) mass is 382 g/mol. The second-order valence-corrected chi connectivity index (χ2v) is 6.70. The van der Waals surface area contributed by atoms with Crippen LogP contribution in [-0.4, -0.2) is 42.9 Å². The Morgan fingerprint density at radius 1 is 1.30 bits per heavy atom. The zero-order valence-corrected chi connectivity index (χ0v) is 15.7. The zero-order valence-electron chi connectivity index (χ0n) is 14.9. The summed E-state index contributed by atoms with van der Waals surface area (Å²) < 4.78 is 2.90. The second-order valence-electron chi connectivity index (χ2n) is 5.75. The maximum Gasteiger partial charge on any atom is 0.271 e. The molecule has 0 saturated carbocycles. The Kier molecular flexibility index (Phi) is 5.42. The van der Waals surface area contributed by atoms with E-state index >= 15 is 0 Å². The number of aryl methyl sites for hydroxylation is 2. The zero-order chi connectivity index (χ0) is 19.4. The Morgan fingerprint density at radius 3 is 2.67 bits per heavy atom. The van der Waals surface area contributed by atoms with Gasteiger partial charge < -0.3 is 5.84 Å². The number of carbonyl (C=O) groups is 1. The molecule has 0 saturated heterocycles. The van der Waals surface area contributed by atoms with Crippen molar-refractivity contribution in [2.75, 3.05) is 23.0 Å². The highest BCUT2D eigenvalue weighted by atomic mass is 32.2. The lowest BCUT2D eigenvalue weighted by Gasteiger charge is -2.19. The van der Waals surface area contributed by atoms with E-state index in [0.717, 1.165) is 23.1 Å². The molecule has 1 amide bonds. The van der Waals surface area contributed by atoms with Crippen molar-refractivity contribution in [2.24, 2.45) is 0 Å². The Bertz CT molecular complexity index is 988. The summed E-state index contributed by atoms with van der Waals surface area (Å²) in [6.07, 6.45) is 0. The highest BCUT2D eigenvalue weighted by molar-refractivity contribution is 7.99. The number of nitrogen functional groups attached to an aromatic ring is 1. The van der Waals surface area contributed by atoms with Crippen molar-refractivity contribution in [2.45, 2.75) is 19.0 Å². The normalized spacial score (nSPS) is 10.6. The summed E-state index contributed by atoms with van der Waals surface area (Å²) in [5, 5.41) is 21.9. The third kappa shape index (κ3) is 3.93. The lowest BCUT2D eigenvalue weighted by atomic mass is 10.3. The molecule has 138 valence electrons. The number of rotatable bonds is 6. The molecule has 0 radical (unpaired) electrons. The van der Waals surface area contributed by atoms with Crippen LogP contribution >= 0.6 is 11.8 Å². The first kappa shape index (κ1) is 18.5.